The number of likely N-dealkylation sites (N-methyl/N-ethyl adjacent to an activating group) is 1. The van der Waals surface area contributed by atoms with Crippen molar-refractivity contribution < 1.29 is 0 Å². The van der Waals surface area contributed by atoms with Crippen LogP contribution in [0.1, 0.15) is 26.8 Å². The van der Waals surface area contributed by atoms with Crippen LogP contribution in [0.25, 0.3) is 21.9 Å². The molecule has 1 heterocycles. The van der Waals surface area contributed by atoms with Crippen molar-refractivity contribution in [1.29, 1.82) is 0 Å². The van der Waals surface area contributed by atoms with E-state index in [1.807, 2.05) is 53.2 Å². The molecule has 0 aliphatic heterocycles. The predicted octanol–water partition coefficient (Wildman–Crippen LogP) is 4.99. The molecule has 1 unspecified atom stereocenters. The topological polar surface area (TPSA) is 25.2 Å². The molecule has 0 aliphatic carbocycles. The summed E-state index contributed by atoms with van der Waals surface area (Å²) in [5.41, 5.74) is 2.35. The molecule has 1 aromatic heterocycles. The molecule has 26 heavy (non-hydrogen) atoms. The van der Waals surface area contributed by atoms with E-state index in [1.54, 1.807) is 0 Å². The van der Waals surface area contributed by atoms with Crippen molar-refractivity contribution in [2.75, 3.05) is 19.6 Å². The number of halogens is 1. The van der Waals surface area contributed by atoms with E-state index in [0.29, 0.717) is 0 Å². The van der Waals surface area contributed by atoms with Gasteiger partial charge >= 0.3 is 0 Å². The van der Waals surface area contributed by atoms with Gasteiger partial charge in [0.05, 0.1) is 0 Å². The molecule has 2 aromatic carbocycles. The van der Waals surface area contributed by atoms with Crippen LogP contribution < -0.4 is 5.56 Å². The van der Waals surface area contributed by atoms with Gasteiger partial charge in [0.15, 0.2) is 0 Å². The normalized spacial score (nSPS) is 12.2. The summed E-state index contributed by atoms with van der Waals surface area (Å²) in [7, 11) is 0. The smallest absolute Gasteiger partial charge is 0.258 e. The molecule has 0 saturated carbocycles. The minimum absolute atomic E-state index is 0. The molecule has 138 valence electrons. The second-order valence-electron chi connectivity index (χ2n) is 6.50. The molecule has 3 rings (SSSR count). The van der Waals surface area contributed by atoms with Crippen LogP contribution in [0, 0.1) is 0 Å². The highest BCUT2D eigenvalue weighted by Gasteiger charge is 2.15. The first-order valence-corrected chi connectivity index (χ1v) is 9.07. The quantitative estimate of drug-likeness (QED) is 0.610. The van der Waals surface area contributed by atoms with Gasteiger partial charge < -0.3 is 9.47 Å². The Kier molecular flexibility index (Phi) is 7.01. The lowest BCUT2D eigenvalue weighted by molar-refractivity contribution is 0.259. The summed E-state index contributed by atoms with van der Waals surface area (Å²) in [5.74, 6) is 0. The summed E-state index contributed by atoms with van der Waals surface area (Å²) in [6.07, 6.45) is 2.04. The summed E-state index contributed by atoms with van der Waals surface area (Å²) >= 11 is 0. The van der Waals surface area contributed by atoms with Gasteiger partial charge in [0.2, 0.25) is 0 Å². The average molecular weight is 371 g/mol. The molecule has 3 nitrogen and oxygen atoms in total. The fourth-order valence-electron chi connectivity index (χ4n) is 3.43. The van der Waals surface area contributed by atoms with Gasteiger partial charge in [-0.25, -0.2) is 0 Å². The van der Waals surface area contributed by atoms with E-state index in [0.717, 1.165) is 41.5 Å². The van der Waals surface area contributed by atoms with Crippen LogP contribution in [0.15, 0.2) is 65.6 Å². The van der Waals surface area contributed by atoms with Crippen molar-refractivity contribution in [3.63, 3.8) is 0 Å². The molecule has 1 atom stereocenters. The van der Waals surface area contributed by atoms with E-state index in [-0.39, 0.29) is 24.0 Å². The summed E-state index contributed by atoms with van der Waals surface area (Å²) in [6, 6.07) is 18.3. The second-order valence-corrected chi connectivity index (χ2v) is 6.50. The Hall–Kier alpha value is -2.10. The zero-order chi connectivity index (χ0) is 17.8. The molecule has 0 aliphatic rings. The number of aromatic nitrogens is 1. The third-order valence-corrected chi connectivity index (χ3v) is 4.93. The number of rotatable bonds is 6. The van der Waals surface area contributed by atoms with Crippen LogP contribution in [0.2, 0.25) is 0 Å². The van der Waals surface area contributed by atoms with Crippen LogP contribution in [-0.2, 0) is 0 Å². The molecule has 0 bridgehead atoms. The predicted molar refractivity (Wildman–Crippen MR) is 113 cm³/mol. The Labute approximate surface area is 161 Å². The highest BCUT2D eigenvalue weighted by atomic mass is 35.5. The molecule has 0 radical (unpaired) electrons. The molecular weight excluding hydrogens is 344 g/mol. The largest absolute Gasteiger partial charge is 0.310 e. The summed E-state index contributed by atoms with van der Waals surface area (Å²) in [6.45, 7) is 9.32. The lowest BCUT2D eigenvalue weighted by atomic mass is 10.0. The zero-order valence-corrected chi connectivity index (χ0v) is 16.5. The van der Waals surface area contributed by atoms with E-state index in [1.165, 1.54) is 0 Å². The molecule has 0 amide bonds. The first-order chi connectivity index (χ1) is 12.2. The van der Waals surface area contributed by atoms with Gasteiger partial charge in [-0.2, -0.15) is 0 Å². The fourth-order valence-corrected chi connectivity index (χ4v) is 3.43. The third-order valence-electron chi connectivity index (χ3n) is 4.93. The second kappa shape index (κ2) is 9.02. The van der Waals surface area contributed by atoms with E-state index in [2.05, 4.69) is 37.8 Å². The van der Waals surface area contributed by atoms with Crippen molar-refractivity contribution in [3.05, 3.63) is 71.1 Å². The van der Waals surface area contributed by atoms with E-state index in [9.17, 15) is 4.79 Å². The molecular formula is C22H27ClN2O. The van der Waals surface area contributed by atoms with E-state index in [4.69, 9.17) is 0 Å². The molecule has 0 spiro atoms. The SMILES string of the molecule is CCN(CC)CC(C)n1cc(-c2ccccc2)c2ccccc2c1=O.Cl. The molecule has 0 saturated heterocycles. The maximum atomic E-state index is 13.1. The van der Waals surface area contributed by atoms with Crippen molar-refractivity contribution in [3.8, 4) is 11.1 Å². The van der Waals surface area contributed by atoms with Crippen molar-refractivity contribution >= 4 is 23.2 Å². The Morgan fingerprint density at radius 2 is 1.50 bits per heavy atom. The monoisotopic (exact) mass is 370 g/mol. The first kappa shape index (κ1) is 20.2. The number of benzene rings is 2. The molecule has 4 heteroatoms. The lowest BCUT2D eigenvalue weighted by Gasteiger charge is -2.25. The Morgan fingerprint density at radius 1 is 0.923 bits per heavy atom. The summed E-state index contributed by atoms with van der Waals surface area (Å²) < 4.78 is 1.91. The maximum Gasteiger partial charge on any atom is 0.258 e. The lowest BCUT2D eigenvalue weighted by Crippen LogP contribution is -2.33. The van der Waals surface area contributed by atoms with Gasteiger partial charge in [-0.1, -0.05) is 62.4 Å². The van der Waals surface area contributed by atoms with Gasteiger partial charge in [-0.15, -0.1) is 12.4 Å². The minimum atomic E-state index is 0. The molecule has 0 fully saturated rings. The Bertz CT molecular complexity index is 901. The van der Waals surface area contributed by atoms with Crippen LogP contribution in [0.4, 0.5) is 0 Å². The molecule has 0 N–H and O–H groups in total. The van der Waals surface area contributed by atoms with Crippen molar-refractivity contribution in [1.82, 2.24) is 9.47 Å². The van der Waals surface area contributed by atoms with Crippen molar-refractivity contribution in [2.45, 2.75) is 26.8 Å². The number of hydrogen-bond donors (Lipinski definition) is 0. The molecule has 3 aromatic rings. The first-order valence-electron chi connectivity index (χ1n) is 9.07. The van der Waals surface area contributed by atoms with E-state index < -0.39 is 0 Å². The van der Waals surface area contributed by atoms with Gasteiger partial charge in [0.25, 0.3) is 5.56 Å². The number of pyridine rings is 1. The van der Waals surface area contributed by atoms with Crippen LogP contribution in [-0.4, -0.2) is 29.1 Å². The van der Waals surface area contributed by atoms with Gasteiger partial charge in [-0.3, -0.25) is 4.79 Å². The number of fused-ring (bicyclic) bond motifs is 1. The number of hydrogen-bond acceptors (Lipinski definition) is 2. The maximum absolute atomic E-state index is 13.1. The van der Waals surface area contributed by atoms with Crippen molar-refractivity contribution in [2.24, 2.45) is 0 Å². The summed E-state index contributed by atoms with van der Waals surface area (Å²) in [5, 5.41) is 1.81. The Morgan fingerprint density at radius 3 is 2.12 bits per heavy atom. The van der Waals surface area contributed by atoms with Gasteiger partial charge in [-0.05, 0) is 37.0 Å². The summed E-state index contributed by atoms with van der Waals surface area (Å²) in [4.78, 5) is 15.4. The number of nitrogens with zero attached hydrogens (tertiary/aromatic N) is 2. The van der Waals surface area contributed by atoms with Gasteiger partial charge in [0.1, 0.15) is 0 Å². The standard InChI is InChI=1S/C22H26N2O.ClH/c1-4-23(5-2)15-17(3)24-16-21(18-11-7-6-8-12-18)19-13-9-10-14-20(19)22(24)25;/h6-14,16-17H,4-5,15H2,1-3H3;1H. The van der Waals surface area contributed by atoms with Gasteiger partial charge in [0, 0.05) is 29.7 Å². The minimum Gasteiger partial charge on any atom is -0.310 e. The fraction of sp³-hybridized carbons (Fsp3) is 0.318. The Balaban J connectivity index is 0.00000243. The van der Waals surface area contributed by atoms with Crippen LogP contribution in [0.5, 0.6) is 0 Å². The van der Waals surface area contributed by atoms with Crippen LogP contribution in [0.3, 0.4) is 0 Å². The highest BCUT2D eigenvalue weighted by Crippen LogP contribution is 2.27. The average Bonchev–Trinajstić information content (AvgIpc) is 2.67. The highest BCUT2D eigenvalue weighted by molar-refractivity contribution is 5.95. The van der Waals surface area contributed by atoms with E-state index >= 15 is 0 Å². The third kappa shape index (κ3) is 4.00. The van der Waals surface area contributed by atoms with Crippen LogP contribution >= 0.6 is 12.4 Å². The zero-order valence-electron chi connectivity index (χ0n) is 15.7.